The van der Waals surface area contributed by atoms with Gasteiger partial charge in [-0.15, -0.1) is 0 Å². The minimum atomic E-state index is -0.906. The Morgan fingerprint density at radius 3 is 2.19 bits per heavy atom. The lowest BCUT2D eigenvalue weighted by Crippen LogP contribution is -2.42. The van der Waals surface area contributed by atoms with Gasteiger partial charge in [0.25, 0.3) is 0 Å². The van der Waals surface area contributed by atoms with Crippen LogP contribution in [0.1, 0.15) is 19.3 Å². The van der Waals surface area contributed by atoms with E-state index in [1.165, 1.54) is 0 Å². The van der Waals surface area contributed by atoms with Gasteiger partial charge in [-0.25, -0.2) is 0 Å². The summed E-state index contributed by atoms with van der Waals surface area (Å²) in [4.78, 5) is 35.6. The number of hydrogen-bond acceptors (Lipinski definition) is 7. The summed E-state index contributed by atoms with van der Waals surface area (Å²) in [6, 6.07) is -0.824. The van der Waals surface area contributed by atoms with Gasteiger partial charge in [-0.2, -0.15) is 4.79 Å². The number of carboxylic acids is 1. The van der Waals surface area contributed by atoms with Crippen molar-refractivity contribution in [2.45, 2.75) is 25.3 Å². The van der Waals surface area contributed by atoms with E-state index in [1.54, 1.807) is 0 Å². The molecule has 0 aliphatic rings. The average Bonchev–Trinajstić information content (AvgIpc) is 2.60. The largest absolute Gasteiger partial charge is 0.481 e. The first kappa shape index (κ1) is 23.8. The Kier molecular flexibility index (Phi) is 14.9. The average molecular weight is 374 g/mol. The van der Waals surface area contributed by atoms with Crippen LogP contribution in [0, 0.1) is 0 Å². The summed E-state index contributed by atoms with van der Waals surface area (Å²) in [6.45, 7) is 2.06. The van der Waals surface area contributed by atoms with Gasteiger partial charge >= 0.3 is 12.2 Å². The molecule has 0 rings (SSSR count). The summed E-state index contributed by atoms with van der Waals surface area (Å²) in [5.41, 5.74) is 13.8. The zero-order valence-electron chi connectivity index (χ0n) is 14.6. The van der Waals surface area contributed by atoms with Crippen LogP contribution in [0.3, 0.4) is 0 Å². The molecule has 1 amide bonds. The van der Waals surface area contributed by atoms with E-state index in [1.807, 2.05) is 0 Å². The topological polar surface area (TPSA) is 174 Å². The number of carbonyl (C=O) groups is 3. The predicted molar refractivity (Wildman–Crippen MR) is 89.6 cm³/mol. The van der Waals surface area contributed by atoms with Crippen molar-refractivity contribution < 1.29 is 38.5 Å². The van der Waals surface area contributed by atoms with Crippen molar-refractivity contribution in [3.8, 4) is 0 Å². The van der Waals surface area contributed by atoms with Gasteiger partial charge in [0.1, 0.15) is 0 Å². The third-order valence-corrected chi connectivity index (χ3v) is 2.99. The highest BCUT2D eigenvalue weighted by atomic mass is 16.5. The number of ether oxygens (including phenoxy) is 3. The first-order valence-corrected chi connectivity index (χ1v) is 8.16. The van der Waals surface area contributed by atoms with Crippen LogP contribution in [-0.4, -0.2) is 86.0 Å². The number of carbonyl (C=O) groups excluding carboxylic acids is 2. The molecule has 0 radical (unpaired) electrons. The van der Waals surface area contributed by atoms with Crippen LogP contribution in [0.15, 0.2) is 0 Å². The van der Waals surface area contributed by atoms with Gasteiger partial charge in [-0.3, -0.25) is 14.4 Å². The number of nitrogens with one attached hydrogen (secondary N) is 1. The molecule has 0 aromatic carbocycles. The van der Waals surface area contributed by atoms with Crippen molar-refractivity contribution in [3.05, 3.63) is 5.53 Å². The molecule has 4 N–H and O–H groups in total. The van der Waals surface area contributed by atoms with Crippen molar-refractivity contribution in [1.82, 2.24) is 5.32 Å². The van der Waals surface area contributed by atoms with Gasteiger partial charge < -0.3 is 35.9 Å². The van der Waals surface area contributed by atoms with Gasteiger partial charge in [0.15, 0.2) is 0 Å². The zero-order chi connectivity index (χ0) is 19.6. The Morgan fingerprint density at radius 1 is 1.04 bits per heavy atom. The highest BCUT2D eigenvalue weighted by molar-refractivity contribution is 6.25. The van der Waals surface area contributed by atoms with Crippen LogP contribution in [0.25, 0.3) is 5.53 Å². The van der Waals surface area contributed by atoms with Gasteiger partial charge in [-0.05, 0) is 6.42 Å². The fourth-order valence-corrected chi connectivity index (χ4v) is 1.64. The summed E-state index contributed by atoms with van der Waals surface area (Å²) in [6.07, 6.45) is 0.904. The second-order valence-corrected chi connectivity index (χ2v) is 5.13. The first-order chi connectivity index (χ1) is 12.5. The SMILES string of the molecule is [N-]=[N+]=CC(=O)CCC(N)C(=O)NCCOCCOCCOCCC(=O)O. The molecule has 0 saturated carbocycles. The second-order valence-electron chi connectivity index (χ2n) is 5.13. The van der Waals surface area contributed by atoms with Crippen molar-refractivity contribution in [3.63, 3.8) is 0 Å². The van der Waals surface area contributed by atoms with Gasteiger partial charge in [0.2, 0.25) is 11.7 Å². The minimum Gasteiger partial charge on any atom is -0.481 e. The van der Waals surface area contributed by atoms with E-state index in [4.69, 9.17) is 30.6 Å². The third-order valence-electron chi connectivity index (χ3n) is 2.99. The molecule has 0 fully saturated rings. The Bertz CT molecular complexity index is 481. The maximum atomic E-state index is 11.7. The molecule has 26 heavy (non-hydrogen) atoms. The predicted octanol–water partition coefficient (Wildman–Crippen LogP) is -1.40. The lowest BCUT2D eigenvalue weighted by Gasteiger charge is -2.11. The molecule has 0 aromatic rings. The number of carboxylic acid groups (broad SMARTS) is 1. The molecule has 0 spiro atoms. The number of hydrogen-bond donors (Lipinski definition) is 3. The molecule has 0 bridgehead atoms. The molecule has 0 aliphatic heterocycles. The van der Waals surface area contributed by atoms with E-state index < -0.39 is 23.7 Å². The minimum absolute atomic E-state index is 0.0203. The van der Waals surface area contributed by atoms with Crippen LogP contribution in [0.5, 0.6) is 0 Å². The lowest BCUT2D eigenvalue weighted by atomic mass is 10.1. The zero-order valence-corrected chi connectivity index (χ0v) is 14.6. The van der Waals surface area contributed by atoms with Crippen molar-refractivity contribution in [2.75, 3.05) is 46.2 Å². The number of amides is 1. The van der Waals surface area contributed by atoms with E-state index in [-0.39, 0.29) is 39.0 Å². The van der Waals surface area contributed by atoms with Crippen LogP contribution >= 0.6 is 0 Å². The van der Waals surface area contributed by atoms with E-state index in [0.717, 1.165) is 6.21 Å². The lowest BCUT2D eigenvalue weighted by molar-refractivity contribution is -0.138. The molecular formula is C15H26N4O7. The second kappa shape index (κ2) is 16.3. The normalized spacial score (nSPS) is 11.4. The van der Waals surface area contributed by atoms with Gasteiger partial charge in [0, 0.05) is 13.0 Å². The molecule has 11 heteroatoms. The summed E-state index contributed by atoms with van der Waals surface area (Å²) in [7, 11) is 0. The van der Waals surface area contributed by atoms with E-state index in [0.29, 0.717) is 26.4 Å². The van der Waals surface area contributed by atoms with Crippen LogP contribution in [-0.2, 0) is 28.6 Å². The van der Waals surface area contributed by atoms with E-state index in [9.17, 15) is 14.4 Å². The molecule has 0 aliphatic carbocycles. The maximum Gasteiger partial charge on any atom is 0.323 e. The van der Waals surface area contributed by atoms with Gasteiger partial charge in [0.05, 0.1) is 52.1 Å². The summed E-state index contributed by atoms with van der Waals surface area (Å²) < 4.78 is 15.5. The van der Waals surface area contributed by atoms with Crippen LogP contribution in [0.2, 0.25) is 0 Å². The maximum absolute atomic E-state index is 11.7. The molecule has 1 unspecified atom stereocenters. The van der Waals surface area contributed by atoms with Gasteiger partial charge in [-0.1, -0.05) is 0 Å². The Labute approximate surface area is 151 Å². The Balaban J connectivity index is 3.43. The monoisotopic (exact) mass is 374 g/mol. The summed E-state index contributed by atoms with van der Waals surface area (Å²) in [5.74, 6) is -1.71. The number of rotatable bonds is 17. The Morgan fingerprint density at radius 2 is 1.62 bits per heavy atom. The highest BCUT2D eigenvalue weighted by Crippen LogP contribution is 1.95. The molecule has 0 aromatic heterocycles. The number of ketones is 1. The third kappa shape index (κ3) is 15.4. The quantitative estimate of drug-likeness (QED) is 0.121. The highest BCUT2D eigenvalue weighted by Gasteiger charge is 2.15. The van der Waals surface area contributed by atoms with Crippen LogP contribution in [0.4, 0.5) is 0 Å². The molecule has 0 heterocycles. The smallest absolute Gasteiger partial charge is 0.323 e. The summed E-state index contributed by atoms with van der Waals surface area (Å²) in [5, 5.41) is 11.0. The first-order valence-electron chi connectivity index (χ1n) is 8.16. The molecular weight excluding hydrogens is 348 g/mol. The van der Waals surface area contributed by atoms with Crippen molar-refractivity contribution >= 4 is 23.9 Å². The summed E-state index contributed by atoms with van der Waals surface area (Å²) >= 11 is 0. The fraction of sp³-hybridized carbons (Fsp3) is 0.733. The standard InChI is InChI=1S/C15H26N4O7/c16-13(2-1-12(20)11-19-17)15(23)18-4-6-25-8-10-26-9-7-24-5-3-14(21)22/h11,13H,1-10,16H2,(H,18,23)(H,21,22). The number of aliphatic carboxylic acids is 1. The number of nitrogens with zero attached hydrogens (tertiary/aromatic N) is 2. The molecule has 1 atom stereocenters. The fourth-order valence-electron chi connectivity index (χ4n) is 1.64. The molecule has 11 nitrogen and oxygen atoms in total. The number of Topliss-reactive ketones (excluding diaryl/α,β-unsaturated/α-hetero) is 1. The van der Waals surface area contributed by atoms with Crippen molar-refractivity contribution in [2.24, 2.45) is 5.73 Å². The Hall–Kier alpha value is -2.17. The van der Waals surface area contributed by atoms with Crippen LogP contribution < -0.4 is 11.1 Å². The molecule has 0 saturated heterocycles. The number of nitrogens with two attached hydrogens (primary N) is 1. The van der Waals surface area contributed by atoms with E-state index in [2.05, 4.69) is 10.1 Å². The molecule has 148 valence electrons. The van der Waals surface area contributed by atoms with Crippen molar-refractivity contribution in [1.29, 1.82) is 0 Å². The van der Waals surface area contributed by atoms with E-state index >= 15 is 0 Å².